The normalized spacial score (nSPS) is 31.8. The Morgan fingerprint density at radius 2 is 1.95 bits per heavy atom. The van der Waals surface area contributed by atoms with Gasteiger partial charge in [0.05, 0.1) is 12.2 Å². The maximum Gasteiger partial charge on any atom is 0.138 e. The SMILES string of the molecule is Cc1cc(C)c(C#N)c(S[C@@H]2O[C@H](CO)[C@@H](O)[C@H](O)[C@H]2O)n1. The number of aliphatic hydroxyl groups is 4. The second-order valence-electron chi connectivity index (χ2n) is 5.19. The van der Waals surface area contributed by atoms with Crippen LogP contribution in [0, 0.1) is 25.2 Å². The molecule has 1 aliphatic heterocycles. The van der Waals surface area contributed by atoms with Crippen molar-refractivity contribution in [2.24, 2.45) is 0 Å². The van der Waals surface area contributed by atoms with E-state index in [0.717, 1.165) is 17.3 Å². The maximum absolute atomic E-state index is 10.0. The molecule has 2 heterocycles. The first-order valence-electron chi connectivity index (χ1n) is 6.74. The Hall–Kier alpha value is -1.21. The van der Waals surface area contributed by atoms with Crippen molar-refractivity contribution >= 4 is 11.8 Å². The summed E-state index contributed by atoms with van der Waals surface area (Å²) in [4.78, 5) is 4.27. The summed E-state index contributed by atoms with van der Waals surface area (Å²) in [5, 5.41) is 48.4. The number of aromatic nitrogens is 1. The van der Waals surface area contributed by atoms with E-state index in [0.29, 0.717) is 16.3 Å². The summed E-state index contributed by atoms with van der Waals surface area (Å²) in [5.41, 5.74) is 0.884. The lowest BCUT2D eigenvalue weighted by molar-refractivity contribution is -0.205. The predicted octanol–water partition coefficient (Wildman–Crippen LogP) is -0.538. The number of thioether (sulfide) groups is 1. The summed E-state index contributed by atoms with van der Waals surface area (Å²) in [6, 6.07) is 3.83. The number of hydrogen-bond donors (Lipinski definition) is 4. The number of hydrogen-bond acceptors (Lipinski definition) is 8. The summed E-state index contributed by atoms with van der Waals surface area (Å²) < 4.78 is 5.42. The molecule has 0 amide bonds. The van der Waals surface area contributed by atoms with Crippen molar-refractivity contribution in [1.29, 1.82) is 5.26 Å². The van der Waals surface area contributed by atoms with Crippen LogP contribution in [0.5, 0.6) is 0 Å². The lowest BCUT2D eigenvalue weighted by Gasteiger charge is -2.39. The number of nitriles is 1. The number of nitrogens with zero attached hydrogens (tertiary/aromatic N) is 2. The molecule has 1 aromatic heterocycles. The average molecular weight is 326 g/mol. The summed E-state index contributed by atoms with van der Waals surface area (Å²) >= 11 is 0.989. The molecule has 22 heavy (non-hydrogen) atoms. The Bertz CT molecular complexity index is 589. The second kappa shape index (κ2) is 6.91. The molecular formula is C14H18N2O5S. The van der Waals surface area contributed by atoms with Gasteiger partial charge in [0.1, 0.15) is 40.9 Å². The lowest BCUT2D eigenvalue weighted by atomic mass is 10.0. The van der Waals surface area contributed by atoms with Crippen LogP contribution in [0.1, 0.15) is 16.8 Å². The molecule has 0 radical (unpaired) electrons. The molecule has 7 nitrogen and oxygen atoms in total. The van der Waals surface area contributed by atoms with E-state index in [-0.39, 0.29) is 0 Å². The van der Waals surface area contributed by atoms with Crippen LogP contribution < -0.4 is 0 Å². The maximum atomic E-state index is 10.0. The van der Waals surface area contributed by atoms with Crippen LogP contribution in [0.15, 0.2) is 11.1 Å². The second-order valence-corrected chi connectivity index (χ2v) is 6.27. The Kier molecular flexibility index (Phi) is 5.39. The zero-order chi connectivity index (χ0) is 16.4. The fraction of sp³-hybridized carbons (Fsp3) is 0.571. The van der Waals surface area contributed by atoms with Gasteiger partial charge in [0.2, 0.25) is 0 Å². The molecule has 0 aliphatic carbocycles. The van der Waals surface area contributed by atoms with Crippen LogP contribution in [0.2, 0.25) is 0 Å². The smallest absolute Gasteiger partial charge is 0.138 e. The molecule has 0 unspecified atom stereocenters. The van der Waals surface area contributed by atoms with Crippen molar-refractivity contribution < 1.29 is 25.2 Å². The van der Waals surface area contributed by atoms with Gasteiger partial charge in [-0.2, -0.15) is 5.26 Å². The summed E-state index contributed by atoms with van der Waals surface area (Å²) in [6.45, 7) is 3.07. The molecule has 2 rings (SSSR count). The van der Waals surface area contributed by atoms with Gasteiger partial charge < -0.3 is 25.2 Å². The number of pyridine rings is 1. The molecule has 1 aromatic rings. The van der Waals surface area contributed by atoms with Crippen molar-refractivity contribution in [2.75, 3.05) is 6.61 Å². The minimum atomic E-state index is -1.44. The van der Waals surface area contributed by atoms with Crippen molar-refractivity contribution in [2.45, 2.75) is 48.7 Å². The van der Waals surface area contributed by atoms with Crippen molar-refractivity contribution in [3.05, 3.63) is 22.9 Å². The molecule has 8 heteroatoms. The average Bonchev–Trinajstić information content (AvgIpc) is 2.47. The van der Waals surface area contributed by atoms with E-state index < -0.39 is 36.5 Å². The Morgan fingerprint density at radius 3 is 2.55 bits per heavy atom. The Morgan fingerprint density at radius 1 is 1.27 bits per heavy atom. The molecular weight excluding hydrogens is 308 g/mol. The summed E-state index contributed by atoms with van der Waals surface area (Å²) in [5.74, 6) is 0. The lowest BCUT2D eigenvalue weighted by Crippen LogP contribution is -2.57. The van der Waals surface area contributed by atoms with E-state index in [1.165, 1.54) is 0 Å². The van der Waals surface area contributed by atoms with E-state index in [9.17, 15) is 25.7 Å². The monoisotopic (exact) mass is 326 g/mol. The van der Waals surface area contributed by atoms with Crippen LogP contribution >= 0.6 is 11.8 Å². The first-order chi connectivity index (χ1) is 10.4. The predicted molar refractivity (Wildman–Crippen MR) is 78.1 cm³/mol. The van der Waals surface area contributed by atoms with Gasteiger partial charge in [0.15, 0.2) is 0 Å². The minimum Gasteiger partial charge on any atom is -0.394 e. The first kappa shape index (κ1) is 17.1. The van der Waals surface area contributed by atoms with Gasteiger partial charge in [-0.15, -0.1) is 0 Å². The molecule has 1 fully saturated rings. The van der Waals surface area contributed by atoms with Crippen molar-refractivity contribution in [3.8, 4) is 6.07 Å². The van der Waals surface area contributed by atoms with Crippen LogP contribution in [-0.4, -0.2) is 61.9 Å². The van der Waals surface area contributed by atoms with E-state index in [4.69, 9.17) is 4.74 Å². The van der Waals surface area contributed by atoms with Crippen LogP contribution in [0.25, 0.3) is 0 Å². The standard InChI is InChI=1S/C14H18N2O5S/c1-6-3-7(2)16-13(8(6)4-15)22-14-12(20)11(19)10(18)9(5-17)21-14/h3,9-12,14,17-20H,5H2,1-2H3/t9-,10-,11+,12-,14+/m1/s1. The highest BCUT2D eigenvalue weighted by Crippen LogP contribution is 2.34. The molecule has 1 saturated heterocycles. The van der Waals surface area contributed by atoms with Gasteiger partial charge in [-0.25, -0.2) is 4.98 Å². The highest BCUT2D eigenvalue weighted by atomic mass is 32.2. The number of ether oxygens (including phenoxy) is 1. The Balaban J connectivity index is 2.28. The minimum absolute atomic E-state index is 0.368. The molecule has 0 bridgehead atoms. The fourth-order valence-corrected chi connectivity index (χ4v) is 3.54. The summed E-state index contributed by atoms with van der Waals surface area (Å²) in [6.07, 6.45) is -5.19. The van der Waals surface area contributed by atoms with E-state index >= 15 is 0 Å². The zero-order valence-electron chi connectivity index (χ0n) is 12.2. The molecule has 4 N–H and O–H groups in total. The van der Waals surface area contributed by atoms with Gasteiger partial charge in [-0.1, -0.05) is 11.8 Å². The largest absolute Gasteiger partial charge is 0.394 e. The third-order valence-electron chi connectivity index (χ3n) is 3.50. The topological polar surface area (TPSA) is 127 Å². The molecule has 5 atom stereocenters. The zero-order valence-corrected chi connectivity index (χ0v) is 13.0. The number of aliphatic hydroxyl groups excluding tert-OH is 4. The highest BCUT2D eigenvalue weighted by Gasteiger charge is 2.44. The quantitative estimate of drug-likeness (QED) is 0.583. The molecule has 0 aromatic carbocycles. The molecule has 120 valence electrons. The van der Waals surface area contributed by atoms with Gasteiger partial charge in [0, 0.05) is 5.69 Å². The number of rotatable bonds is 3. The van der Waals surface area contributed by atoms with Crippen LogP contribution in [0.3, 0.4) is 0 Å². The summed E-state index contributed by atoms with van der Waals surface area (Å²) in [7, 11) is 0. The molecule has 0 saturated carbocycles. The Labute approximate surface area is 132 Å². The van der Waals surface area contributed by atoms with Crippen molar-refractivity contribution in [1.82, 2.24) is 4.98 Å². The van der Waals surface area contributed by atoms with Gasteiger partial charge in [-0.05, 0) is 25.5 Å². The number of aryl methyl sites for hydroxylation is 2. The van der Waals surface area contributed by atoms with E-state index in [2.05, 4.69) is 11.1 Å². The first-order valence-corrected chi connectivity index (χ1v) is 7.62. The molecule has 1 aliphatic rings. The third kappa shape index (κ3) is 3.25. The van der Waals surface area contributed by atoms with E-state index in [1.807, 2.05) is 0 Å². The fourth-order valence-electron chi connectivity index (χ4n) is 2.30. The van der Waals surface area contributed by atoms with Gasteiger partial charge >= 0.3 is 0 Å². The highest BCUT2D eigenvalue weighted by molar-refractivity contribution is 7.99. The van der Waals surface area contributed by atoms with E-state index in [1.54, 1.807) is 19.9 Å². The van der Waals surface area contributed by atoms with Gasteiger partial charge in [0.25, 0.3) is 0 Å². The van der Waals surface area contributed by atoms with Crippen LogP contribution in [0.4, 0.5) is 0 Å². The van der Waals surface area contributed by atoms with Crippen molar-refractivity contribution in [3.63, 3.8) is 0 Å². The molecule has 0 spiro atoms. The third-order valence-corrected chi connectivity index (χ3v) is 4.64. The van der Waals surface area contributed by atoms with Crippen LogP contribution in [-0.2, 0) is 4.74 Å². The van der Waals surface area contributed by atoms with Gasteiger partial charge in [-0.3, -0.25) is 0 Å².